The number of hydrogen-bond acceptors (Lipinski definition) is 2. The number of carbonyl (C=O) groups is 1. The van der Waals surface area contributed by atoms with Gasteiger partial charge in [0.1, 0.15) is 5.82 Å². The predicted octanol–water partition coefficient (Wildman–Crippen LogP) is 3.43. The van der Waals surface area contributed by atoms with E-state index in [2.05, 4.69) is 0 Å². The molecule has 0 aromatic heterocycles. The monoisotopic (exact) mass is 289 g/mol. The van der Waals surface area contributed by atoms with Crippen LogP contribution in [0.1, 0.15) is 32.8 Å². The van der Waals surface area contributed by atoms with Crippen LogP contribution in [0.3, 0.4) is 0 Å². The zero-order valence-electron chi connectivity index (χ0n) is 12.0. The average Bonchev–Trinajstić information content (AvgIpc) is 2.40. The maximum Gasteiger partial charge on any atom is 0.252 e. The van der Waals surface area contributed by atoms with E-state index in [4.69, 9.17) is 4.84 Å². The first-order chi connectivity index (χ1) is 9.22. The zero-order valence-corrected chi connectivity index (χ0v) is 12.0. The van der Waals surface area contributed by atoms with Crippen LogP contribution in [0.15, 0.2) is 12.1 Å². The Balaban J connectivity index is 3.03. The Morgan fingerprint density at radius 3 is 2.40 bits per heavy atom. The van der Waals surface area contributed by atoms with Crippen molar-refractivity contribution in [2.24, 2.45) is 5.41 Å². The third-order valence-corrected chi connectivity index (χ3v) is 3.29. The van der Waals surface area contributed by atoms with Crippen LogP contribution in [0.2, 0.25) is 0 Å². The Hall–Kier alpha value is -1.56. The maximum absolute atomic E-state index is 13.6. The molecule has 1 amide bonds. The molecule has 0 aliphatic heterocycles. The van der Waals surface area contributed by atoms with Gasteiger partial charge in [0.05, 0.1) is 13.7 Å². The Kier molecular flexibility index (Phi) is 5.16. The third kappa shape index (κ3) is 3.50. The molecule has 0 saturated carbocycles. The molecule has 0 N–H and O–H groups in total. The van der Waals surface area contributed by atoms with E-state index in [0.29, 0.717) is 12.5 Å². The van der Waals surface area contributed by atoms with Crippen LogP contribution < -0.4 is 0 Å². The van der Waals surface area contributed by atoms with Crippen LogP contribution in [0.4, 0.5) is 13.2 Å². The summed E-state index contributed by atoms with van der Waals surface area (Å²) in [5.74, 6) is -3.77. The smallest absolute Gasteiger partial charge is 0.252 e. The first-order valence-electron chi connectivity index (χ1n) is 6.22. The number of carbonyl (C=O) groups excluding carboxylic acids is 1. The second kappa shape index (κ2) is 6.26. The van der Waals surface area contributed by atoms with Gasteiger partial charge in [-0.15, -0.1) is 0 Å². The molecule has 0 aliphatic rings. The summed E-state index contributed by atoms with van der Waals surface area (Å²) in [6.45, 7) is 4.89. The Bertz CT molecular complexity index is 503. The maximum atomic E-state index is 13.6. The van der Waals surface area contributed by atoms with E-state index in [1.807, 2.05) is 6.92 Å². The molecule has 0 spiro atoms. The first-order valence-corrected chi connectivity index (χ1v) is 6.22. The van der Waals surface area contributed by atoms with Crippen molar-refractivity contribution in [2.45, 2.75) is 33.7 Å². The lowest BCUT2D eigenvalue weighted by atomic mass is 9.89. The number of hydrogen-bond donors (Lipinski definition) is 0. The van der Waals surface area contributed by atoms with Gasteiger partial charge in [-0.3, -0.25) is 9.63 Å². The molecule has 0 unspecified atom stereocenters. The Labute approximate surface area is 116 Å². The van der Waals surface area contributed by atoms with Gasteiger partial charge in [0.2, 0.25) is 0 Å². The van der Waals surface area contributed by atoms with Crippen LogP contribution in [0.25, 0.3) is 0 Å². The highest BCUT2D eigenvalue weighted by molar-refractivity contribution is 5.80. The van der Waals surface area contributed by atoms with Gasteiger partial charge >= 0.3 is 0 Å². The van der Waals surface area contributed by atoms with Crippen LogP contribution in [-0.2, 0) is 16.2 Å². The van der Waals surface area contributed by atoms with E-state index >= 15 is 0 Å². The first kappa shape index (κ1) is 16.5. The second-order valence-corrected chi connectivity index (χ2v) is 5.12. The summed E-state index contributed by atoms with van der Waals surface area (Å²) in [5, 5.41) is 0.904. The minimum Gasteiger partial charge on any atom is -0.274 e. The normalized spacial score (nSPS) is 11.6. The molecule has 0 fully saturated rings. The number of halogens is 3. The molecule has 0 atom stereocenters. The van der Waals surface area contributed by atoms with Gasteiger partial charge in [0, 0.05) is 17.0 Å². The van der Waals surface area contributed by atoms with Gasteiger partial charge in [0.15, 0.2) is 11.6 Å². The minimum absolute atomic E-state index is 0.274. The molecule has 0 aliphatic carbocycles. The van der Waals surface area contributed by atoms with Crippen molar-refractivity contribution in [1.82, 2.24) is 5.06 Å². The standard InChI is InChI=1S/C14H18F3NO2/c1-5-14(2,3)13(19)18(20-4)8-9-6-10(15)7-11(16)12(9)17/h6-7H,5,8H2,1-4H3. The summed E-state index contributed by atoms with van der Waals surface area (Å²) < 4.78 is 39.8. The summed E-state index contributed by atoms with van der Waals surface area (Å²) in [7, 11) is 1.25. The lowest BCUT2D eigenvalue weighted by molar-refractivity contribution is -0.189. The molecule has 1 rings (SSSR count). The van der Waals surface area contributed by atoms with E-state index in [9.17, 15) is 18.0 Å². The molecule has 0 radical (unpaired) electrons. The molecular formula is C14H18F3NO2. The fourth-order valence-electron chi connectivity index (χ4n) is 1.59. The predicted molar refractivity (Wildman–Crippen MR) is 67.9 cm³/mol. The molecule has 3 nitrogen and oxygen atoms in total. The quantitative estimate of drug-likeness (QED) is 0.614. The Morgan fingerprint density at radius 2 is 1.90 bits per heavy atom. The number of nitrogens with zero attached hydrogens (tertiary/aromatic N) is 1. The van der Waals surface area contributed by atoms with Gasteiger partial charge in [0.25, 0.3) is 5.91 Å². The topological polar surface area (TPSA) is 29.5 Å². The van der Waals surface area contributed by atoms with Crippen molar-refractivity contribution in [3.05, 3.63) is 35.1 Å². The van der Waals surface area contributed by atoms with Crippen molar-refractivity contribution in [2.75, 3.05) is 7.11 Å². The molecular weight excluding hydrogens is 271 g/mol. The van der Waals surface area contributed by atoms with Gasteiger partial charge < -0.3 is 0 Å². The fraction of sp³-hybridized carbons (Fsp3) is 0.500. The number of hydroxylamine groups is 2. The lowest BCUT2D eigenvalue weighted by Crippen LogP contribution is -2.39. The van der Waals surface area contributed by atoms with Crippen LogP contribution in [0.5, 0.6) is 0 Å². The number of benzene rings is 1. The molecule has 0 heterocycles. The summed E-state index contributed by atoms with van der Waals surface area (Å²) in [6.07, 6.45) is 0.547. The molecule has 112 valence electrons. The second-order valence-electron chi connectivity index (χ2n) is 5.12. The van der Waals surface area contributed by atoms with Crippen molar-refractivity contribution in [3.63, 3.8) is 0 Å². The fourth-order valence-corrected chi connectivity index (χ4v) is 1.59. The molecule has 6 heteroatoms. The largest absolute Gasteiger partial charge is 0.274 e. The van der Waals surface area contributed by atoms with Crippen molar-refractivity contribution in [3.8, 4) is 0 Å². The summed E-state index contributed by atoms with van der Waals surface area (Å²) in [6, 6.07) is 1.30. The Morgan fingerprint density at radius 1 is 1.30 bits per heavy atom. The van der Waals surface area contributed by atoms with Gasteiger partial charge in [-0.05, 0) is 12.5 Å². The summed E-state index contributed by atoms with van der Waals surface area (Å²) >= 11 is 0. The summed E-state index contributed by atoms with van der Waals surface area (Å²) in [5.41, 5.74) is -0.983. The molecule has 0 saturated heterocycles. The van der Waals surface area contributed by atoms with E-state index < -0.39 is 22.9 Å². The van der Waals surface area contributed by atoms with Crippen molar-refractivity contribution in [1.29, 1.82) is 0 Å². The van der Waals surface area contributed by atoms with Gasteiger partial charge in [-0.1, -0.05) is 20.8 Å². The molecule has 1 aromatic rings. The minimum atomic E-state index is -1.29. The van der Waals surface area contributed by atoms with Crippen LogP contribution >= 0.6 is 0 Å². The van der Waals surface area contributed by atoms with E-state index in [1.54, 1.807) is 13.8 Å². The van der Waals surface area contributed by atoms with Gasteiger partial charge in [-0.25, -0.2) is 18.2 Å². The summed E-state index contributed by atoms with van der Waals surface area (Å²) in [4.78, 5) is 17.1. The average molecular weight is 289 g/mol. The third-order valence-electron chi connectivity index (χ3n) is 3.29. The van der Waals surface area contributed by atoms with Gasteiger partial charge in [-0.2, -0.15) is 0 Å². The van der Waals surface area contributed by atoms with Crippen LogP contribution in [0, 0.1) is 22.9 Å². The van der Waals surface area contributed by atoms with Crippen molar-refractivity contribution >= 4 is 5.91 Å². The van der Waals surface area contributed by atoms with Crippen LogP contribution in [-0.4, -0.2) is 18.1 Å². The molecule has 0 bridgehead atoms. The number of amides is 1. The SMILES string of the molecule is CCC(C)(C)C(=O)N(Cc1cc(F)cc(F)c1F)OC. The highest BCUT2D eigenvalue weighted by Crippen LogP contribution is 2.25. The molecule has 1 aromatic carbocycles. The van der Waals surface area contributed by atoms with E-state index in [1.165, 1.54) is 7.11 Å². The molecule has 20 heavy (non-hydrogen) atoms. The van der Waals surface area contributed by atoms with E-state index in [0.717, 1.165) is 11.1 Å². The highest BCUT2D eigenvalue weighted by atomic mass is 19.2. The highest BCUT2D eigenvalue weighted by Gasteiger charge is 2.31. The number of rotatable bonds is 5. The van der Waals surface area contributed by atoms with Crippen molar-refractivity contribution < 1.29 is 22.8 Å². The zero-order chi connectivity index (χ0) is 15.5. The lowest BCUT2D eigenvalue weighted by Gasteiger charge is -2.29. The van der Waals surface area contributed by atoms with E-state index in [-0.39, 0.29) is 18.0 Å².